The molecule has 0 bridgehead atoms. The molecule has 1 aliphatic heterocycles. The Morgan fingerprint density at radius 1 is 1.11 bits per heavy atom. The Kier molecular flexibility index (Phi) is 4.50. The summed E-state index contributed by atoms with van der Waals surface area (Å²) in [5.41, 5.74) is 1.68. The van der Waals surface area contributed by atoms with Crippen LogP contribution in [0.3, 0.4) is 0 Å². The molecule has 1 aromatic heterocycles. The maximum atomic E-state index is 5.83. The van der Waals surface area contributed by atoms with Crippen molar-refractivity contribution in [1.29, 1.82) is 0 Å². The van der Waals surface area contributed by atoms with Crippen LogP contribution in [0.25, 0.3) is 0 Å². The zero-order chi connectivity index (χ0) is 19.1. The van der Waals surface area contributed by atoms with Gasteiger partial charge in [-0.2, -0.15) is 0 Å². The molecule has 0 amide bonds. The number of piperazine rings is 1. The number of hydrogen-bond acceptors (Lipinski definition) is 5. The monoisotopic (exact) mass is 378 g/mol. The molecule has 28 heavy (non-hydrogen) atoms. The van der Waals surface area contributed by atoms with Crippen LogP contribution in [0.15, 0.2) is 42.9 Å². The van der Waals surface area contributed by atoms with Crippen LogP contribution in [0.2, 0.25) is 0 Å². The normalized spacial score (nSPS) is 32.2. The van der Waals surface area contributed by atoms with Gasteiger partial charge in [0.2, 0.25) is 0 Å². The molecule has 2 unspecified atom stereocenters. The summed E-state index contributed by atoms with van der Waals surface area (Å²) in [6, 6.07) is 8.91. The molecule has 1 saturated heterocycles. The minimum Gasteiger partial charge on any atom is -0.494 e. The minimum atomic E-state index is 0.216. The molecule has 4 atom stereocenters. The van der Waals surface area contributed by atoms with E-state index in [-0.39, 0.29) is 5.54 Å². The van der Waals surface area contributed by atoms with E-state index in [1.165, 1.54) is 18.4 Å². The van der Waals surface area contributed by atoms with Gasteiger partial charge in [0.05, 0.1) is 18.3 Å². The van der Waals surface area contributed by atoms with Gasteiger partial charge in [0.25, 0.3) is 0 Å². The fourth-order valence-electron chi connectivity index (χ4n) is 6.01. The molecule has 2 saturated carbocycles. The van der Waals surface area contributed by atoms with Crippen LogP contribution in [-0.4, -0.2) is 47.7 Å². The maximum absolute atomic E-state index is 5.83. The second-order valence-corrected chi connectivity index (χ2v) is 8.61. The summed E-state index contributed by atoms with van der Waals surface area (Å²) in [4.78, 5) is 13.9. The van der Waals surface area contributed by atoms with E-state index in [2.05, 4.69) is 57.9 Å². The summed E-state index contributed by atoms with van der Waals surface area (Å²) >= 11 is 0. The Balaban J connectivity index is 1.40. The molecule has 0 N–H and O–H groups in total. The Bertz CT molecular complexity index is 806. The van der Waals surface area contributed by atoms with E-state index in [9.17, 15) is 0 Å². The van der Waals surface area contributed by atoms with Gasteiger partial charge in [-0.25, -0.2) is 4.98 Å². The number of fused-ring (bicyclic) bond motifs is 1. The summed E-state index contributed by atoms with van der Waals surface area (Å²) in [6.07, 6.45) is 8.12. The second-order valence-electron chi connectivity index (χ2n) is 8.61. The number of benzene rings is 1. The molecule has 3 aliphatic rings. The number of rotatable bonds is 5. The molecule has 0 radical (unpaired) electrons. The van der Waals surface area contributed by atoms with E-state index < -0.39 is 0 Å². The number of ether oxygens (including phenoxy) is 1. The first-order chi connectivity index (χ1) is 13.7. The highest BCUT2D eigenvalue weighted by atomic mass is 16.5. The summed E-state index contributed by atoms with van der Waals surface area (Å²) in [6.45, 7) is 9.38. The molecular weight excluding hydrogens is 348 g/mol. The third kappa shape index (κ3) is 2.79. The van der Waals surface area contributed by atoms with Crippen LogP contribution in [0, 0.1) is 17.8 Å². The lowest BCUT2D eigenvalue weighted by atomic mass is 9.89. The molecule has 0 spiro atoms. The first-order valence-corrected chi connectivity index (χ1v) is 10.7. The number of anilines is 1. The van der Waals surface area contributed by atoms with Crippen molar-refractivity contribution in [2.45, 2.75) is 32.2 Å². The Hall–Kier alpha value is -2.14. The first kappa shape index (κ1) is 17.9. The summed E-state index contributed by atoms with van der Waals surface area (Å²) in [5.74, 6) is 4.46. The third-order valence-corrected chi connectivity index (χ3v) is 7.10. The molecule has 2 aliphatic carbocycles. The minimum absolute atomic E-state index is 0.216. The van der Waals surface area contributed by atoms with Crippen molar-refractivity contribution in [3.8, 4) is 5.75 Å². The highest BCUT2D eigenvalue weighted by Crippen LogP contribution is 2.70. The van der Waals surface area contributed by atoms with Gasteiger partial charge in [-0.05, 0) is 55.2 Å². The molecule has 1 aromatic carbocycles. The Morgan fingerprint density at radius 3 is 2.57 bits per heavy atom. The summed E-state index contributed by atoms with van der Waals surface area (Å²) < 4.78 is 5.83. The van der Waals surface area contributed by atoms with Gasteiger partial charge in [-0.3, -0.25) is 9.88 Å². The molecule has 5 heteroatoms. The van der Waals surface area contributed by atoms with E-state index >= 15 is 0 Å². The lowest BCUT2D eigenvalue weighted by molar-refractivity contribution is 0.124. The molecule has 5 nitrogen and oxygen atoms in total. The van der Waals surface area contributed by atoms with Gasteiger partial charge in [0.1, 0.15) is 11.6 Å². The number of nitrogens with zero attached hydrogens (tertiary/aromatic N) is 4. The zero-order valence-corrected chi connectivity index (χ0v) is 16.9. The first-order valence-electron chi connectivity index (χ1n) is 10.7. The molecular formula is C23H30N4O. The van der Waals surface area contributed by atoms with Crippen LogP contribution < -0.4 is 9.64 Å². The Labute approximate surface area is 167 Å². The SMILES string of the molecule is CCOc1cccc(C2(N3CCN(c4cnccn4)CC3)[C@@H]3CC(C)C[C@@H]32)c1. The summed E-state index contributed by atoms with van der Waals surface area (Å²) in [5, 5.41) is 0. The number of hydrogen-bond donors (Lipinski definition) is 0. The highest BCUT2D eigenvalue weighted by molar-refractivity contribution is 5.43. The third-order valence-electron chi connectivity index (χ3n) is 7.10. The quantitative estimate of drug-likeness (QED) is 0.796. The van der Waals surface area contributed by atoms with E-state index in [0.29, 0.717) is 0 Å². The maximum Gasteiger partial charge on any atom is 0.147 e. The summed E-state index contributed by atoms with van der Waals surface area (Å²) in [7, 11) is 0. The van der Waals surface area contributed by atoms with Gasteiger partial charge in [0.15, 0.2) is 0 Å². The van der Waals surface area contributed by atoms with Crippen molar-refractivity contribution < 1.29 is 4.74 Å². The van der Waals surface area contributed by atoms with E-state index in [1.54, 1.807) is 12.4 Å². The predicted molar refractivity (Wildman–Crippen MR) is 110 cm³/mol. The van der Waals surface area contributed by atoms with Gasteiger partial charge >= 0.3 is 0 Å². The highest BCUT2D eigenvalue weighted by Gasteiger charge is 2.70. The van der Waals surface area contributed by atoms with E-state index in [4.69, 9.17) is 4.74 Å². The van der Waals surface area contributed by atoms with Crippen LogP contribution in [-0.2, 0) is 5.54 Å². The van der Waals surface area contributed by atoms with E-state index in [1.807, 2.05) is 6.20 Å². The average Bonchev–Trinajstić information content (AvgIpc) is 3.16. The van der Waals surface area contributed by atoms with Gasteiger partial charge < -0.3 is 9.64 Å². The van der Waals surface area contributed by atoms with Crippen LogP contribution in [0.4, 0.5) is 5.82 Å². The fraction of sp³-hybridized carbons (Fsp3) is 0.565. The molecule has 148 valence electrons. The molecule has 5 rings (SSSR count). The van der Waals surface area contributed by atoms with Crippen molar-refractivity contribution in [3.63, 3.8) is 0 Å². The van der Waals surface area contributed by atoms with E-state index in [0.717, 1.165) is 62.1 Å². The molecule has 2 aromatic rings. The van der Waals surface area contributed by atoms with Crippen LogP contribution >= 0.6 is 0 Å². The van der Waals surface area contributed by atoms with Crippen molar-refractivity contribution >= 4 is 5.82 Å². The van der Waals surface area contributed by atoms with Gasteiger partial charge in [0, 0.05) is 38.6 Å². The Morgan fingerprint density at radius 2 is 1.89 bits per heavy atom. The predicted octanol–water partition coefficient (Wildman–Crippen LogP) is 3.57. The van der Waals surface area contributed by atoms with Crippen molar-refractivity contribution in [1.82, 2.24) is 14.9 Å². The lowest BCUT2D eigenvalue weighted by Gasteiger charge is -2.42. The molecule has 2 heterocycles. The number of aromatic nitrogens is 2. The van der Waals surface area contributed by atoms with Crippen LogP contribution in [0.5, 0.6) is 5.75 Å². The second kappa shape index (κ2) is 7.03. The van der Waals surface area contributed by atoms with Crippen LogP contribution in [0.1, 0.15) is 32.3 Å². The topological polar surface area (TPSA) is 41.5 Å². The standard InChI is InChI=1S/C23H30N4O/c1-3-28-19-6-4-5-18(15-19)23(20-13-17(2)14-21(20)23)27-11-9-26(10-12-27)22-16-24-7-8-25-22/h4-8,15-17,20-21H,3,9-14H2,1-2H3/t17?,20-,21+,23?. The van der Waals surface area contributed by atoms with Crippen molar-refractivity contribution in [3.05, 3.63) is 48.4 Å². The largest absolute Gasteiger partial charge is 0.494 e. The average molecular weight is 379 g/mol. The fourth-order valence-corrected chi connectivity index (χ4v) is 6.01. The van der Waals surface area contributed by atoms with Crippen molar-refractivity contribution in [2.75, 3.05) is 37.7 Å². The smallest absolute Gasteiger partial charge is 0.147 e. The van der Waals surface area contributed by atoms with Gasteiger partial charge in [-0.1, -0.05) is 19.1 Å². The lowest BCUT2D eigenvalue weighted by Crippen LogP contribution is -2.52. The van der Waals surface area contributed by atoms with Crippen molar-refractivity contribution in [2.24, 2.45) is 17.8 Å². The molecule has 3 fully saturated rings. The zero-order valence-electron chi connectivity index (χ0n) is 16.9. The van der Waals surface area contributed by atoms with Gasteiger partial charge in [-0.15, -0.1) is 0 Å².